The zero-order valence-corrected chi connectivity index (χ0v) is 13.7. The molecule has 0 aliphatic heterocycles. The van der Waals surface area contributed by atoms with Crippen molar-refractivity contribution >= 4 is 0 Å². The molecule has 1 unspecified atom stereocenters. The van der Waals surface area contributed by atoms with Crippen molar-refractivity contribution in [2.24, 2.45) is 5.92 Å². The summed E-state index contributed by atoms with van der Waals surface area (Å²) in [5, 5.41) is 28.2. The summed E-state index contributed by atoms with van der Waals surface area (Å²) in [5.41, 5.74) is -0.552. The highest BCUT2D eigenvalue weighted by Crippen LogP contribution is 2.27. The van der Waals surface area contributed by atoms with E-state index in [1.807, 2.05) is 0 Å². The molecule has 24 heavy (non-hydrogen) atoms. The maximum atomic E-state index is 13.7. The van der Waals surface area contributed by atoms with Gasteiger partial charge in [-0.3, -0.25) is 0 Å². The number of rotatable bonds is 10. The Bertz CT molecular complexity index is 530. The Morgan fingerprint density at radius 2 is 1.46 bits per heavy atom. The van der Waals surface area contributed by atoms with Gasteiger partial charge in [0.15, 0.2) is 23.3 Å². The smallest absolute Gasteiger partial charge is 0.278 e. The average molecular weight is 352 g/mol. The number of hydrogen-bond acceptors (Lipinski definition) is 3. The van der Waals surface area contributed by atoms with E-state index in [4.69, 9.17) is 0 Å². The Morgan fingerprint density at radius 3 is 2.04 bits per heavy atom. The first-order valence-corrected chi connectivity index (χ1v) is 8.17. The normalized spacial score (nSPS) is 13.3. The molecule has 0 saturated heterocycles. The topological polar surface area (TPSA) is 60.7 Å². The molecule has 1 aromatic rings. The SMILES string of the molecule is CCCCCCCCC(Cc1cc(F)c(F)c(F)c1F)C(O)(O)O. The van der Waals surface area contributed by atoms with Crippen LogP contribution in [-0.2, 0) is 6.42 Å². The van der Waals surface area contributed by atoms with Gasteiger partial charge in [0.25, 0.3) is 5.97 Å². The number of aliphatic hydroxyl groups is 3. The number of benzene rings is 1. The Labute approximate surface area is 138 Å². The highest BCUT2D eigenvalue weighted by atomic mass is 19.2. The molecule has 3 nitrogen and oxygen atoms in total. The molecule has 0 saturated carbocycles. The molecule has 1 atom stereocenters. The summed E-state index contributed by atoms with van der Waals surface area (Å²) < 4.78 is 53.1. The van der Waals surface area contributed by atoms with Gasteiger partial charge in [0.05, 0.1) is 0 Å². The third-order valence-electron chi connectivity index (χ3n) is 4.10. The summed E-state index contributed by atoms with van der Waals surface area (Å²) in [6.07, 6.45) is 5.04. The molecule has 1 aromatic carbocycles. The number of hydrogen-bond donors (Lipinski definition) is 3. The van der Waals surface area contributed by atoms with Crippen LogP contribution in [-0.4, -0.2) is 21.3 Å². The summed E-state index contributed by atoms with van der Waals surface area (Å²) in [6, 6.07) is 0.466. The lowest BCUT2D eigenvalue weighted by molar-refractivity contribution is -0.342. The van der Waals surface area contributed by atoms with Crippen LogP contribution in [0.3, 0.4) is 0 Å². The third-order valence-corrected chi connectivity index (χ3v) is 4.10. The summed E-state index contributed by atoms with van der Waals surface area (Å²) in [6.45, 7) is 2.07. The summed E-state index contributed by atoms with van der Waals surface area (Å²) in [7, 11) is 0. The largest absolute Gasteiger partial charge is 0.343 e. The zero-order valence-electron chi connectivity index (χ0n) is 13.7. The van der Waals surface area contributed by atoms with Crippen LogP contribution in [0.15, 0.2) is 6.07 Å². The van der Waals surface area contributed by atoms with Crippen LogP contribution >= 0.6 is 0 Å². The molecule has 0 spiro atoms. The van der Waals surface area contributed by atoms with Gasteiger partial charge in [-0.2, -0.15) is 0 Å². The highest BCUT2D eigenvalue weighted by molar-refractivity contribution is 5.22. The summed E-state index contributed by atoms with van der Waals surface area (Å²) in [4.78, 5) is 0. The third kappa shape index (κ3) is 6.03. The van der Waals surface area contributed by atoms with Crippen LogP contribution in [0.4, 0.5) is 17.6 Å². The standard InChI is InChI=1S/C17H24F4O3/c1-2-3-4-5-6-7-8-12(17(22,23)24)9-11-10-13(18)15(20)16(21)14(11)19/h10,12,22-24H,2-9H2,1H3. The first-order valence-electron chi connectivity index (χ1n) is 8.17. The van der Waals surface area contributed by atoms with Crippen molar-refractivity contribution < 1.29 is 32.9 Å². The Hall–Kier alpha value is -1.18. The molecule has 0 fully saturated rings. The van der Waals surface area contributed by atoms with Crippen molar-refractivity contribution in [3.05, 3.63) is 34.9 Å². The van der Waals surface area contributed by atoms with Crippen LogP contribution in [0.2, 0.25) is 0 Å². The number of unbranched alkanes of at least 4 members (excludes halogenated alkanes) is 5. The van der Waals surface area contributed by atoms with E-state index in [0.29, 0.717) is 12.5 Å². The maximum absolute atomic E-state index is 13.7. The van der Waals surface area contributed by atoms with Crippen molar-refractivity contribution in [3.63, 3.8) is 0 Å². The van der Waals surface area contributed by atoms with Crippen LogP contribution in [0.5, 0.6) is 0 Å². The monoisotopic (exact) mass is 352 g/mol. The van der Waals surface area contributed by atoms with E-state index in [1.165, 1.54) is 0 Å². The van der Waals surface area contributed by atoms with Gasteiger partial charge in [0.1, 0.15) is 0 Å². The van der Waals surface area contributed by atoms with Crippen LogP contribution < -0.4 is 0 Å². The molecule has 0 aromatic heterocycles. The van der Waals surface area contributed by atoms with Crippen molar-refractivity contribution in [1.82, 2.24) is 0 Å². The predicted molar refractivity (Wildman–Crippen MR) is 80.8 cm³/mol. The van der Waals surface area contributed by atoms with Gasteiger partial charge in [-0.1, -0.05) is 45.4 Å². The summed E-state index contributed by atoms with van der Waals surface area (Å²) >= 11 is 0. The van der Waals surface area contributed by atoms with Gasteiger partial charge in [-0.25, -0.2) is 17.6 Å². The van der Waals surface area contributed by atoms with E-state index >= 15 is 0 Å². The van der Waals surface area contributed by atoms with Crippen LogP contribution in [0.25, 0.3) is 0 Å². The highest BCUT2D eigenvalue weighted by Gasteiger charge is 2.33. The molecule has 7 heteroatoms. The fourth-order valence-electron chi connectivity index (χ4n) is 2.64. The molecule has 1 rings (SSSR count). The fourth-order valence-corrected chi connectivity index (χ4v) is 2.64. The molecular formula is C17H24F4O3. The molecule has 0 heterocycles. The lowest BCUT2D eigenvalue weighted by Crippen LogP contribution is -2.39. The Kier molecular flexibility index (Phi) is 8.12. The van der Waals surface area contributed by atoms with E-state index < -0.39 is 47.1 Å². The van der Waals surface area contributed by atoms with Crippen molar-refractivity contribution in [2.75, 3.05) is 0 Å². The zero-order chi connectivity index (χ0) is 18.3. The first kappa shape index (κ1) is 20.9. The molecule has 0 radical (unpaired) electrons. The second kappa shape index (κ2) is 9.34. The van der Waals surface area contributed by atoms with Crippen LogP contribution in [0, 0.1) is 29.2 Å². The lowest BCUT2D eigenvalue weighted by Gasteiger charge is -2.26. The van der Waals surface area contributed by atoms with E-state index in [9.17, 15) is 32.9 Å². The van der Waals surface area contributed by atoms with Gasteiger partial charge < -0.3 is 15.3 Å². The van der Waals surface area contributed by atoms with Gasteiger partial charge in [-0.05, 0) is 24.5 Å². The Morgan fingerprint density at radius 1 is 0.875 bits per heavy atom. The number of halogens is 4. The summed E-state index contributed by atoms with van der Waals surface area (Å²) in [5.74, 6) is -11.4. The quantitative estimate of drug-likeness (QED) is 0.197. The van der Waals surface area contributed by atoms with E-state index in [0.717, 1.165) is 32.1 Å². The minimum atomic E-state index is -3.11. The second-order valence-corrected chi connectivity index (χ2v) is 6.10. The van der Waals surface area contributed by atoms with Gasteiger partial charge in [-0.15, -0.1) is 0 Å². The van der Waals surface area contributed by atoms with Gasteiger partial charge in [0, 0.05) is 5.92 Å². The fraction of sp³-hybridized carbons (Fsp3) is 0.647. The van der Waals surface area contributed by atoms with Crippen molar-refractivity contribution in [3.8, 4) is 0 Å². The Balaban J connectivity index is 2.74. The minimum absolute atomic E-state index is 0.121. The molecule has 0 amide bonds. The van der Waals surface area contributed by atoms with Gasteiger partial charge >= 0.3 is 0 Å². The molecule has 0 aliphatic carbocycles. The molecule has 3 N–H and O–H groups in total. The second-order valence-electron chi connectivity index (χ2n) is 6.10. The first-order chi connectivity index (χ1) is 11.2. The van der Waals surface area contributed by atoms with Gasteiger partial charge in [0.2, 0.25) is 0 Å². The molecule has 0 bridgehead atoms. The molecular weight excluding hydrogens is 328 g/mol. The van der Waals surface area contributed by atoms with E-state index in [1.54, 1.807) is 0 Å². The molecule has 138 valence electrons. The van der Waals surface area contributed by atoms with Crippen molar-refractivity contribution in [2.45, 2.75) is 64.3 Å². The van der Waals surface area contributed by atoms with E-state index in [2.05, 4.69) is 6.92 Å². The van der Waals surface area contributed by atoms with E-state index in [-0.39, 0.29) is 6.42 Å². The molecule has 0 aliphatic rings. The lowest BCUT2D eigenvalue weighted by atomic mass is 9.91. The van der Waals surface area contributed by atoms with Crippen LogP contribution in [0.1, 0.15) is 57.4 Å². The maximum Gasteiger partial charge on any atom is 0.278 e. The van der Waals surface area contributed by atoms with Crippen molar-refractivity contribution in [1.29, 1.82) is 0 Å². The predicted octanol–water partition coefficient (Wildman–Crippen LogP) is 3.78. The average Bonchev–Trinajstić information content (AvgIpc) is 2.51. The minimum Gasteiger partial charge on any atom is -0.343 e.